The first-order chi connectivity index (χ1) is 8.81. The Hall–Kier alpha value is -0.903. The van der Waals surface area contributed by atoms with Gasteiger partial charge in [0.05, 0.1) is 6.23 Å². The Kier molecular flexibility index (Phi) is 7.65. The highest BCUT2D eigenvalue weighted by Crippen LogP contribution is 2.11. The van der Waals surface area contributed by atoms with Crippen LogP contribution in [-0.2, 0) is 15.6 Å². The van der Waals surface area contributed by atoms with E-state index in [1.165, 1.54) is 23.6 Å². The molecule has 0 spiro atoms. The summed E-state index contributed by atoms with van der Waals surface area (Å²) in [6.07, 6.45) is 4.87. The molecule has 1 atom stereocenters. The highest BCUT2D eigenvalue weighted by atomic mass is 28.3. The topological polar surface area (TPSA) is 18.5 Å². The van der Waals surface area contributed by atoms with E-state index in [2.05, 4.69) is 31.7 Å². The molecular formula is C15H24O2Si. The van der Waals surface area contributed by atoms with Crippen molar-refractivity contribution >= 4 is 15.1 Å². The Morgan fingerprint density at radius 2 is 2.11 bits per heavy atom. The fourth-order valence-corrected chi connectivity index (χ4v) is 3.92. The van der Waals surface area contributed by atoms with Crippen LogP contribution in [0, 0.1) is 0 Å². The summed E-state index contributed by atoms with van der Waals surface area (Å²) in [5, 5.41) is 0. The fourth-order valence-electron chi connectivity index (χ4n) is 2.02. The van der Waals surface area contributed by atoms with Crippen molar-refractivity contribution in [3.63, 3.8) is 0 Å². The van der Waals surface area contributed by atoms with E-state index in [4.69, 9.17) is 9.16 Å². The van der Waals surface area contributed by atoms with Gasteiger partial charge < -0.3 is 9.16 Å². The molecule has 0 radical (unpaired) electrons. The van der Waals surface area contributed by atoms with E-state index < -0.39 is 9.04 Å². The van der Waals surface area contributed by atoms with E-state index in [9.17, 15) is 0 Å². The SMILES string of the molecule is C=Cc1ccccc1CCO[SiH](CCC)COC. The second-order valence-electron chi connectivity index (χ2n) is 4.39. The summed E-state index contributed by atoms with van der Waals surface area (Å²) in [6.45, 7) is 6.84. The average molecular weight is 264 g/mol. The minimum absolute atomic E-state index is 0.797. The van der Waals surface area contributed by atoms with Gasteiger partial charge in [-0.2, -0.15) is 0 Å². The van der Waals surface area contributed by atoms with Gasteiger partial charge >= 0.3 is 0 Å². The van der Waals surface area contributed by atoms with Crippen molar-refractivity contribution in [2.45, 2.75) is 25.8 Å². The Morgan fingerprint density at radius 1 is 1.33 bits per heavy atom. The Labute approximate surface area is 112 Å². The lowest BCUT2D eigenvalue weighted by atomic mass is 10.1. The number of rotatable bonds is 9. The number of hydrogen-bond acceptors (Lipinski definition) is 2. The molecule has 0 amide bonds. The van der Waals surface area contributed by atoms with Crippen LogP contribution < -0.4 is 0 Å². The van der Waals surface area contributed by atoms with Crippen LogP contribution in [0.2, 0.25) is 6.04 Å². The number of benzene rings is 1. The Morgan fingerprint density at radius 3 is 2.78 bits per heavy atom. The Balaban J connectivity index is 2.41. The third-order valence-electron chi connectivity index (χ3n) is 2.96. The summed E-state index contributed by atoms with van der Waals surface area (Å²) < 4.78 is 11.2. The Bertz CT molecular complexity index is 346. The van der Waals surface area contributed by atoms with E-state index >= 15 is 0 Å². The molecule has 3 heteroatoms. The molecule has 0 saturated heterocycles. The first kappa shape index (κ1) is 15.2. The summed E-state index contributed by atoms with van der Waals surface area (Å²) in [6, 6.07) is 9.54. The van der Waals surface area contributed by atoms with Gasteiger partial charge in [-0.15, -0.1) is 0 Å². The molecule has 0 saturated carbocycles. The van der Waals surface area contributed by atoms with Crippen LogP contribution in [0.15, 0.2) is 30.8 Å². The predicted octanol–water partition coefficient (Wildman–Crippen LogP) is 3.21. The minimum Gasteiger partial charge on any atom is -0.417 e. The van der Waals surface area contributed by atoms with Crippen LogP contribution in [0.5, 0.6) is 0 Å². The first-order valence-electron chi connectivity index (χ1n) is 6.62. The molecule has 100 valence electrons. The zero-order valence-electron chi connectivity index (χ0n) is 11.5. The van der Waals surface area contributed by atoms with Gasteiger partial charge in [0.1, 0.15) is 0 Å². The van der Waals surface area contributed by atoms with Crippen molar-refractivity contribution in [2.75, 3.05) is 19.9 Å². The maximum atomic E-state index is 6.01. The monoisotopic (exact) mass is 264 g/mol. The van der Waals surface area contributed by atoms with Gasteiger partial charge in [0, 0.05) is 13.7 Å². The van der Waals surface area contributed by atoms with Crippen molar-refractivity contribution in [3.05, 3.63) is 42.0 Å². The molecular weight excluding hydrogens is 240 g/mol. The summed E-state index contributed by atoms with van der Waals surface area (Å²) in [5.41, 5.74) is 2.52. The second-order valence-corrected chi connectivity index (χ2v) is 6.88. The minimum atomic E-state index is -1.15. The number of methoxy groups -OCH3 is 1. The van der Waals surface area contributed by atoms with Gasteiger partial charge in [0.2, 0.25) is 9.04 Å². The normalized spacial score (nSPS) is 12.3. The van der Waals surface area contributed by atoms with E-state index in [1.54, 1.807) is 7.11 Å². The number of ether oxygens (including phenoxy) is 1. The molecule has 0 bridgehead atoms. The molecule has 18 heavy (non-hydrogen) atoms. The van der Waals surface area contributed by atoms with Gasteiger partial charge in [-0.1, -0.05) is 50.3 Å². The van der Waals surface area contributed by atoms with Crippen molar-refractivity contribution in [2.24, 2.45) is 0 Å². The van der Waals surface area contributed by atoms with Crippen LogP contribution in [0.1, 0.15) is 24.5 Å². The molecule has 0 fully saturated rings. The zero-order chi connectivity index (χ0) is 13.2. The van der Waals surface area contributed by atoms with Crippen LogP contribution >= 0.6 is 0 Å². The predicted molar refractivity (Wildman–Crippen MR) is 80.3 cm³/mol. The van der Waals surface area contributed by atoms with Crippen molar-refractivity contribution in [1.82, 2.24) is 0 Å². The summed E-state index contributed by atoms with van der Waals surface area (Å²) >= 11 is 0. The van der Waals surface area contributed by atoms with Crippen LogP contribution in [-0.4, -0.2) is 29.0 Å². The smallest absolute Gasteiger partial charge is 0.202 e. The first-order valence-corrected chi connectivity index (χ1v) is 8.73. The van der Waals surface area contributed by atoms with Gasteiger partial charge in [-0.25, -0.2) is 0 Å². The standard InChI is InChI=1S/C15H24O2Si/c1-4-12-18(13-16-3)17-11-10-15-9-7-6-8-14(15)5-2/h5-9,18H,2,4,10-13H2,1,3H3. The highest BCUT2D eigenvalue weighted by Gasteiger charge is 2.10. The quantitative estimate of drug-likeness (QED) is 0.638. The molecule has 0 aliphatic heterocycles. The fraction of sp³-hybridized carbons (Fsp3) is 0.467. The maximum Gasteiger partial charge on any atom is 0.202 e. The molecule has 0 aromatic heterocycles. The lowest BCUT2D eigenvalue weighted by Crippen LogP contribution is -2.25. The molecule has 1 aromatic rings. The van der Waals surface area contributed by atoms with Gasteiger partial charge in [-0.05, 0) is 23.6 Å². The molecule has 0 N–H and O–H groups in total. The molecule has 2 nitrogen and oxygen atoms in total. The molecule has 1 unspecified atom stereocenters. The van der Waals surface area contributed by atoms with Crippen LogP contribution in [0.3, 0.4) is 0 Å². The van der Waals surface area contributed by atoms with Crippen LogP contribution in [0.4, 0.5) is 0 Å². The van der Waals surface area contributed by atoms with E-state index in [0.717, 1.165) is 19.3 Å². The van der Waals surface area contributed by atoms with Crippen molar-refractivity contribution < 1.29 is 9.16 Å². The van der Waals surface area contributed by atoms with E-state index in [1.807, 2.05) is 12.1 Å². The largest absolute Gasteiger partial charge is 0.417 e. The molecule has 1 aromatic carbocycles. The summed E-state index contributed by atoms with van der Waals surface area (Å²) in [5.74, 6) is 0. The van der Waals surface area contributed by atoms with E-state index in [0.29, 0.717) is 0 Å². The molecule has 1 rings (SSSR count). The lowest BCUT2D eigenvalue weighted by Gasteiger charge is -2.15. The average Bonchev–Trinajstić information content (AvgIpc) is 2.40. The summed E-state index contributed by atoms with van der Waals surface area (Å²) in [4.78, 5) is 0. The van der Waals surface area contributed by atoms with Crippen molar-refractivity contribution in [3.8, 4) is 0 Å². The highest BCUT2D eigenvalue weighted by molar-refractivity contribution is 6.51. The van der Waals surface area contributed by atoms with Gasteiger partial charge in [0.15, 0.2) is 0 Å². The lowest BCUT2D eigenvalue weighted by molar-refractivity contribution is 0.217. The van der Waals surface area contributed by atoms with E-state index in [-0.39, 0.29) is 0 Å². The summed E-state index contributed by atoms with van der Waals surface area (Å²) in [7, 11) is 0.608. The maximum absolute atomic E-state index is 6.01. The van der Waals surface area contributed by atoms with Crippen molar-refractivity contribution in [1.29, 1.82) is 0 Å². The molecule has 0 aliphatic carbocycles. The van der Waals surface area contributed by atoms with Gasteiger partial charge in [-0.3, -0.25) is 0 Å². The molecule has 0 aliphatic rings. The third-order valence-corrected chi connectivity index (χ3v) is 5.60. The third kappa shape index (κ3) is 5.17. The second kappa shape index (κ2) is 9.08. The van der Waals surface area contributed by atoms with Crippen LogP contribution in [0.25, 0.3) is 6.08 Å². The number of hydrogen-bond donors (Lipinski definition) is 0. The zero-order valence-corrected chi connectivity index (χ0v) is 12.7. The van der Waals surface area contributed by atoms with Gasteiger partial charge in [0.25, 0.3) is 0 Å². The molecule has 0 heterocycles.